The quantitative estimate of drug-likeness (QED) is 0.597. The van der Waals surface area contributed by atoms with E-state index >= 15 is 0 Å². The Bertz CT molecular complexity index is 973. The van der Waals surface area contributed by atoms with Gasteiger partial charge in [0.05, 0.1) is 0 Å². The Morgan fingerprint density at radius 2 is 2.04 bits per heavy atom. The van der Waals surface area contributed by atoms with Crippen molar-refractivity contribution in [2.75, 3.05) is 5.32 Å². The molecule has 148 valence electrons. The van der Waals surface area contributed by atoms with Gasteiger partial charge in [-0.05, 0) is 37.6 Å². The summed E-state index contributed by atoms with van der Waals surface area (Å²) < 4.78 is 6.26. The second-order valence-corrected chi connectivity index (χ2v) is 9.82. The van der Waals surface area contributed by atoms with Crippen LogP contribution in [0.5, 0.6) is 0 Å². The molecule has 0 spiro atoms. The number of hydrogen-bond donors (Lipinski definition) is 1. The van der Waals surface area contributed by atoms with Crippen molar-refractivity contribution in [3.8, 4) is 0 Å². The number of rotatable bonds is 6. The highest BCUT2D eigenvalue weighted by Crippen LogP contribution is 2.32. The average molecular weight is 417 g/mol. The first-order valence-electron chi connectivity index (χ1n) is 9.04. The summed E-state index contributed by atoms with van der Waals surface area (Å²) in [5, 5.41) is 8.99. The maximum atomic E-state index is 12.3. The molecule has 0 atom stereocenters. The lowest BCUT2D eigenvalue weighted by Gasteiger charge is -2.11. The minimum absolute atomic E-state index is 0.0745. The van der Waals surface area contributed by atoms with Crippen LogP contribution in [-0.2, 0) is 16.6 Å². The number of hydrogen-bond acceptors (Lipinski definition) is 7. The molecule has 2 heterocycles. The van der Waals surface area contributed by atoms with Gasteiger partial charge >= 0.3 is 0 Å². The molecule has 0 unspecified atom stereocenters. The fourth-order valence-electron chi connectivity index (χ4n) is 2.41. The molecule has 28 heavy (non-hydrogen) atoms. The molecule has 6 nitrogen and oxygen atoms in total. The summed E-state index contributed by atoms with van der Waals surface area (Å²) in [6.45, 7) is 10.0. The maximum absolute atomic E-state index is 12.3. The lowest BCUT2D eigenvalue weighted by atomic mass is 9.96. The summed E-state index contributed by atoms with van der Waals surface area (Å²) in [6, 6.07) is 5.99. The largest absolute Gasteiger partial charge is 0.339 e. The van der Waals surface area contributed by atoms with Crippen molar-refractivity contribution in [3.63, 3.8) is 0 Å². The van der Waals surface area contributed by atoms with Crippen LogP contribution in [-0.4, -0.2) is 21.0 Å². The third kappa shape index (κ3) is 5.42. The number of nitrogens with one attached hydrogen (secondary N) is 1. The molecule has 3 rings (SSSR count). The molecule has 0 aliphatic carbocycles. The predicted octanol–water partition coefficient (Wildman–Crippen LogP) is 5.16. The van der Waals surface area contributed by atoms with E-state index in [4.69, 9.17) is 4.52 Å². The van der Waals surface area contributed by atoms with Gasteiger partial charge in [0, 0.05) is 39.9 Å². The Morgan fingerprint density at radius 1 is 1.25 bits per heavy atom. The summed E-state index contributed by atoms with van der Waals surface area (Å²) in [4.78, 5) is 22.2. The van der Waals surface area contributed by atoms with Crippen LogP contribution in [0.15, 0.2) is 37.3 Å². The first-order valence-corrected chi connectivity index (χ1v) is 10.7. The topological polar surface area (TPSA) is 80.9 Å². The van der Waals surface area contributed by atoms with Gasteiger partial charge in [0.1, 0.15) is 0 Å². The minimum Gasteiger partial charge on any atom is -0.339 e. The van der Waals surface area contributed by atoms with Crippen molar-refractivity contribution in [1.82, 2.24) is 15.1 Å². The number of anilines is 1. The van der Waals surface area contributed by atoms with E-state index in [2.05, 4.69) is 26.5 Å². The van der Waals surface area contributed by atoms with Crippen LogP contribution < -0.4 is 5.32 Å². The molecule has 0 fully saturated rings. The van der Waals surface area contributed by atoms with Crippen molar-refractivity contribution < 1.29 is 9.32 Å². The summed E-state index contributed by atoms with van der Waals surface area (Å²) >= 11 is 3.26. The summed E-state index contributed by atoms with van der Waals surface area (Å²) in [7, 11) is 0. The van der Waals surface area contributed by atoms with E-state index in [0.29, 0.717) is 24.6 Å². The molecular weight excluding hydrogens is 392 g/mol. The standard InChI is InChI=1S/C20H24N4O2S2/c1-12-10-14(28-19-21-13(2)11-27-19)6-7-15(12)22-16(25)8-9-17-23-18(24-26-17)20(3,4)5/h6-7,10-11H,8-9H2,1-5H3,(H,22,25). The van der Waals surface area contributed by atoms with Crippen molar-refractivity contribution in [2.45, 2.75) is 62.1 Å². The van der Waals surface area contributed by atoms with Crippen molar-refractivity contribution in [1.29, 1.82) is 0 Å². The number of aryl methyl sites for hydroxylation is 3. The van der Waals surface area contributed by atoms with Gasteiger partial charge in [-0.3, -0.25) is 4.79 Å². The van der Waals surface area contributed by atoms with E-state index in [1.54, 1.807) is 23.1 Å². The van der Waals surface area contributed by atoms with Crippen molar-refractivity contribution >= 4 is 34.7 Å². The molecule has 0 radical (unpaired) electrons. The monoisotopic (exact) mass is 416 g/mol. The van der Waals surface area contributed by atoms with Crippen LogP contribution in [0.2, 0.25) is 0 Å². The second kappa shape index (κ2) is 8.45. The molecule has 0 saturated carbocycles. The van der Waals surface area contributed by atoms with Gasteiger partial charge in [-0.2, -0.15) is 4.98 Å². The average Bonchev–Trinajstić information content (AvgIpc) is 3.24. The number of thiazole rings is 1. The van der Waals surface area contributed by atoms with Crippen molar-refractivity contribution in [2.24, 2.45) is 0 Å². The summed E-state index contributed by atoms with van der Waals surface area (Å²) in [6.07, 6.45) is 0.714. The van der Waals surface area contributed by atoms with Crippen LogP contribution in [0.4, 0.5) is 5.69 Å². The summed E-state index contributed by atoms with van der Waals surface area (Å²) in [5.74, 6) is 1.07. The number of amides is 1. The van der Waals surface area contributed by atoms with Gasteiger partial charge in [-0.25, -0.2) is 4.98 Å². The first-order chi connectivity index (χ1) is 13.2. The fourth-order valence-corrected chi connectivity index (χ4v) is 4.32. The normalized spacial score (nSPS) is 11.6. The molecule has 1 aromatic carbocycles. The van der Waals surface area contributed by atoms with Gasteiger partial charge in [0.25, 0.3) is 0 Å². The van der Waals surface area contributed by atoms with E-state index in [9.17, 15) is 4.79 Å². The van der Waals surface area contributed by atoms with Crippen LogP contribution in [0.25, 0.3) is 0 Å². The van der Waals surface area contributed by atoms with E-state index in [1.165, 1.54) is 0 Å². The summed E-state index contributed by atoms with van der Waals surface area (Å²) in [5.41, 5.74) is 2.69. The minimum atomic E-state index is -0.168. The highest BCUT2D eigenvalue weighted by atomic mass is 32.2. The molecule has 1 N–H and O–H groups in total. The number of carbonyl (C=O) groups excluding carboxylic acids is 1. The predicted molar refractivity (Wildman–Crippen MR) is 112 cm³/mol. The lowest BCUT2D eigenvalue weighted by molar-refractivity contribution is -0.116. The van der Waals surface area contributed by atoms with Gasteiger partial charge < -0.3 is 9.84 Å². The van der Waals surface area contributed by atoms with Gasteiger partial charge in [0.2, 0.25) is 11.8 Å². The molecule has 3 aromatic rings. The van der Waals surface area contributed by atoms with E-state index < -0.39 is 0 Å². The van der Waals surface area contributed by atoms with E-state index in [1.807, 2.05) is 52.1 Å². The third-order valence-corrected chi connectivity index (χ3v) is 6.03. The highest BCUT2D eigenvalue weighted by molar-refractivity contribution is 8.01. The molecule has 1 amide bonds. The lowest BCUT2D eigenvalue weighted by Crippen LogP contribution is -2.14. The second-order valence-electron chi connectivity index (χ2n) is 7.64. The molecule has 2 aromatic heterocycles. The first kappa shape index (κ1) is 20.5. The molecule has 0 aliphatic rings. The number of carbonyl (C=O) groups is 1. The molecule has 0 saturated heterocycles. The van der Waals surface area contributed by atoms with Crippen LogP contribution in [0, 0.1) is 13.8 Å². The Morgan fingerprint density at radius 3 is 2.64 bits per heavy atom. The fraction of sp³-hybridized carbons (Fsp3) is 0.400. The zero-order valence-corrected chi connectivity index (χ0v) is 18.3. The van der Waals surface area contributed by atoms with Crippen LogP contribution >= 0.6 is 23.1 Å². The molecule has 8 heteroatoms. The van der Waals surface area contributed by atoms with Crippen LogP contribution in [0.1, 0.15) is 50.2 Å². The van der Waals surface area contributed by atoms with Crippen LogP contribution in [0.3, 0.4) is 0 Å². The Balaban J connectivity index is 1.55. The molecule has 0 aliphatic heterocycles. The van der Waals surface area contributed by atoms with E-state index in [0.717, 1.165) is 26.2 Å². The van der Waals surface area contributed by atoms with Gasteiger partial charge in [-0.15, -0.1) is 11.3 Å². The Kier molecular flexibility index (Phi) is 6.20. The Hall–Kier alpha value is -2.19. The molecule has 0 bridgehead atoms. The maximum Gasteiger partial charge on any atom is 0.227 e. The zero-order valence-electron chi connectivity index (χ0n) is 16.7. The number of benzene rings is 1. The van der Waals surface area contributed by atoms with Gasteiger partial charge in [0.15, 0.2) is 10.2 Å². The highest BCUT2D eigenvalue weighted by Gasteiger charge is 2.21. The smallest absolute Gasteiger partial charge is 0.227 e. The Labute approximate surface area is 173 Å². The SMILES string of the molecule is Cc1csc(Sc2ccc(NC(=O)CCc3nc(C(C)(C)C)no3)c(C)c2)n1. The van der Waals surface area contributed by atoms with E-state index in [-0.39, 0.29) is 11.3 Å². The third-order valence-electron chi connectivity index (χ3n) is 3.98. The van der Waals surface area contributed by atoms with Gasteiger partial charge in [-0.1, -0.05) is 37.7 Å². The zero-order chi connectivity index (χ0) is 20.3. The molecular formula is C20H24N4O2S2. The number of nitrogens with zero attached hydrogens (tertiary/aromatic N) is 3. The number of aromatic nitrogens is 3. The van der Waals surface area contributed by atoms with Crippen molar-refractivity contribution in [3.05, 3.63) is 46.6 Å².